The summed E-state index contributed by atoms with van der Waals surface area (Å²) in [7, 11) is 1.52. The van der Waals surface area contributed by atoms with Gasteiger partial charge in [0, 0.05) is 13.7 Å². The van der Waals surface area contributed by atoms with E-state index < -0.39 is 11.6 Å². The van der Waals surface area contributed by atoms with Gasteiger partial charge in [0.15, 0.2) is 0 Å². The van der Waals surface area contributed by atoms with Crippen LogP contribution in [0.2, 0.25) is 0 Å². The maximum Gasteiger partial charge on any atom is 0.223 e. The molecule has 0 fully saturated rings. The van der Waals surface area contributed by atoms with E-state index in [1.165, 1.54) is 7.11 Å². The molecule has 0 rings (SSSR count). The molecule has 0 radical (unpaired) electrons. The number of hydrogen-bond acceptors (Lipinski definition) is 4. The molecular formula is C10H22N2O3. The second-order valence-corrected chi connectivity index (χ2v) is 4.24. The summed E-state index contributed by atoms with van der Waals surface area (Å²) in [6.45, 7) is 5.47. The van der Waals surface area contributed by atoms with Crippen LogP contribution < -0.4 is 11.1 Å². The summed E-state index contributed by atoms with van der Waals surface area (Å²) in [6.07, 6.45) is -0.668. The fraction of sp³-hybridized carbons (Fsp3) is 0.900. The molecular weight excluding hydrogens is 196 g/mol. The van der Waals surface area contributed by atoms with Gasteiger partial charge in [0.25, 0.3) is 0 Å². The number of methoxy groups -OCH3 is 1. The molecule has 90 valence electrons. The highest BCUT2D eigenvalue weighted by Gasteiger charge is 2.26. The number of rotatable bonds is 6. The van der Waals surface area contributed by atoms with Crippen LogP contribution in [-0.2, 0) is 9.53 Å². The normalized spacial score (nSPS) is 15.9. The molecule has 2 atom stereocenters. The Morgan fingerprint density at radius 3 is 2.47 bits per heavy atom. The standard InChI is InChI=1S/C10H22N2O3/c1-7(13)10(2,3)12-9(14)5-8(6-11)15-4/h7-8,13H,5-6,11H2,1-4H3,(H,12,14). The molecule has 0 aliphatic rings. The summed E-state index contributed by atoms with van der Waals surface area (Å²) in [4.78, 5) is 11.5. The van der Waals surface area contributed by atoms with Crippen LogP contribution in [-0.4, -0.2) is 42.4 Å². The molecule has 0 heterocycles. The Balaban J connectivity index is 4.14. The molecule has 0 spiro atoms. The van der Waals surface area contributed by atoms with Crippen molar-refractivity contribution in [3.63, 3.8) is 0 Å². The smallest absolute Gasteiger partial charge is 0.223 e. The van der Waals surface area contributed by atoms with Crippen molar-refractivity contribution in [3.05, 3.63) is 0 Å². The van der Waals surface area contributed by atoms with Gasteiger partial charge in [0.05, 0.1) is 24.2 Å². The number of hydrogen-bond donors (Lipinski definition) is 3. The summed E-state index contributed by atoms with van der Waals surface area (Å²) in [5, 5.41) is 12.1. The number of ether oxygens (including phenoxy) is 1. The van der Waals surface area contributed by atoms with Gasteiger partial charge in [0.2, 0.25) is 5.91 Å². The summed E-state index contributed by atoms with van der Waals surface area (Å²) in [5.74, 6) is -0.168. The van der Waals surface area contributed by atoms with Crippen LogP contribution in [0.1, 0.15) is 27.2 Å². The van der Waals surface area contributed by atoms with Gasteiger partial charge in [-0.25, -0.2) is 0 Å². The lowest BCUT2D eigenvalue weighted by molar-refractivity contribution is -0.126. The molecule has 4 N–H and O–H groups in total. The first kappa shape index (κ1) is 14.3. The highest BCUT2D eigenvalue weighted by molar-refractivity contribution is 5.77. The van der Waals surface area contributed by atoms with Crippen LogP contribution in [0.5, 0.6) is 0 Å². The molecule has 0 aromatic rings. The number of nitrogens with two attached hydrogens (primary N) is 1. The van der Waals surface area contributed by atoms with E-state index in [1.54, 1.807) is 20.8 Å². The van der Waals surface area contributed by atoms with Crippen LogP contribution in [0.25, 0.3) is 0 Å². The van der Waals surface area contributed by atoms with Crippen LogP contribution in [0.4, 0.5) is 0 Å². The van der Waals surface area contributed by atoms with Gasteiger partial charge < -0.3 is 20.9 Å². The Morgan fingerprint density at radius 2 is 2.13 bits per heavy atom. The number of aliphatic hydroxyl groups is 1. The first-order valence-corrected chi connectivity index (χ1v) is 5.05. The lowest BCUT2D eigenvalue weighted by atomic mass is 9.98. The van der Waals surface area contributed by atoms with Crippen molar-refractivity contribution in [2.24, 2.45) is 5.73 Å². The maximum atomic E-state index is 11.5. The van der Waals surface area contributed by atoms with Gasteiger partial charge in [-0.3, -0.25) is 4.79 Å². The minimum Gasteiger partial charge on any atom is -0.391 e. The van der Waals surface area contributed by atoms with Gasteiger partial charge >= 0.3 is 0 Å². The molecule has 15 heavy (non-hydrogen) atoms. The molecule has 1 amide bonds. The zero-order chi connectivity index (χ0) is 12.1. The minimum absolute atomic E-state index is 0.168. The maximum absolute atomic E-state index is 11.5. The second-order valence-electron chi connectivity index (χ2n) is 4.24. The first-order chi connectivity index (χ1) is 6.83. The van der Waals surface area contributed by atoms with E-state index in [2.05, 4.69) is 5.32 Å². The molecule has 0 aromatic carbocycles. The fourth-order valence-corrected chi connectivity index (χ4v) is 0.984. The molecule has 0 aromatic heterocycles. The van der Waals surface area contributed by atoms with Gasteiger partial charge in [-0.1, -0.05) is 0 Å². The van der Waals surface area contributed by atoms with Crippen molar-refractivity contribution >= 4 is 5.91 Å². The summed E-state index contributed by atoms with van der Waals surface area (Å²) in [6, 6.07) is 0. The highest BCUT2D eigenvalue weighted by Crippen LogP contribution is 2.09. The lowest BCUT2D eigenvalue weighted by Crippen LogP contribution is -2.51. The average Bonchev–Trinajstić information content (AvgIpc) is 2.13. The van der Waals surface area contributed by atoms with Crippen molar-refractivity contribution in [2.45, 2.75) is 44.9 Å². The zero-order valence-corrected chi connectivity index (χ0v) is 9.91. The van der Waals surface area contributed by atoms with E-state index in [0.29, 0.717) is 6.54 Å². The number of nitrogens with one attached hydrogen (secondary N) is 1. The fourth-order valence-electron chi connectivity index (χ4n) is 0.984. The third-order valence-corrected chi connectivity index (χ3v) is 2.52. The van der Waals surface area contributed by atoms with Crippen LogP contribution in [0.3, 0.4) is 0 Å². The zero-order valence-electron chi connectivity index (χ0n) is 9.91. The Kier molecular flexibility index (Phi) is 5.79. The van der Waals surface area contributed by atoms with Crippen molar-refractivity contribution in [3.8, 4) is 0 Å². The van der Waals surface area contributed by atoms with Crippen molar-refractivity contribution in [1.29, 1.82) is 0 Å². The monoisotopic (exact) mass is 218 g/mol. The van der Waals surface area contributed by atoms with E-state index in [0.717, 1.165) is 0 Å². The number of amides is 1. The third kappa shape index (κ3) is 5.11. The van der Waals surface area contributed by atoms with Crippen molar-refractivity contribution < 1.29 is 14.6 Å². The quantitative estimate of drug-likeness (QED) is 0.567. The molecule has 5 nitrogen and oxygen atoms in total. The Hall–Kier alpha value is -0.650. The largest absolute Gasteiger partial charge is 0.391 e. The van der Waals surface area contributed by atoms with E-state index in [9.17, 15) is 9.90 Å². The molecule has 0 aliphatic heterocycles. The molecule has 2 unspecified atom stereocenters. The summed E-state index contributed by atoms with van der Waals surface area (Å²) >= 11 is 0. The number of carbonyl (C=O) groups excluding carboxylic acids is 1. The van der Waals surface area contributed by atoms with Gasteiger partial charge in [-0.15, -0.1) is 0 Å². The van der Waals surface area contributed by atoms with Gasteiger partial charge in [-0.05, 0) is 20.8 Å². The molecule has 5 heteroatoms. The predicted octanol–water partition coefficient (Wildman–Crippen LogP) is -0.374. The second kappa shape index (κ2) is 6.05. The summed E-state index contributed by atoms with van der Waals surface area (Å²) < 4.78 is 5.00. The molecule has 0 saturated heterocycles. The van der Waals surface area contributed by atoms with Crippen LogP contribution >= 0.6 is 0 Å². The van der Waals surface area contributed by atoms with Gasteiger partial charge in [0.1, 0.15) is 0 Å². The molecule has 0 saturated carbocycles. The third-order valence-electron chi connectivity index (χ3n) is 2.52. The molecule has 0 bridgehead atoms. The van der Waals surface area contributed by atoms with Crippen LogP contribution in [0.15, 0.2) is 0 Å². The Labute approximate surface area is 91.0 Å². The van der Waals surface area contributed by atoms with E-state index in [-0.39, 0.29) is 18.4 Å². The molecule has 0 aliphatic carbocycles. The lowest BCUT2D eigenvalue weighted by Gasteiger charge is -2.29. The predicted molar refractivity (Wildman–Crippen MR) is 58.4 cm³/mol. The number of carbonyl (C=O) groups is 1. The SMILES string of the molecule is COC(CN)CC(=O)NC(C)(C)C(C)O. The van der Waals surface area contributed by atoms with E-state index >= 15 is 0 Å². The topological polar surface area (TPSA) is 84.6 Å². The average molecular weight is 218 g/mol. The van der Waals surface area contributed by atoms with Crippen LogP contribution in [0, 0.1) is 0 Å². The Morgan fingerprint density at radius 1 is 1.60 bits per heavy atom. The Bertz CT molecular complexity index is 201. The first-order valence-electron chi connectivity index (χ1n) is 5.05. The van der Waals surface area contributed by atoms with Crippen molar-refractivity contribution in [2.75, 3.05) is 13.7 Å². The summed E-state index contributed by atoms with van der Waals surface area (Å²) in [5.41, 5.74) is 4.77. The van der Waals surface area contributed by atoms with E-state index in [1.807, 2.05) is 0 Å². The van der Waals surface area contributed by atoms with E-state index in [4.69, 9.17) is 10.5 Å². The highest BCUT2D eigenvalue weighted by atomic mass is 16.5. The van der Waals surface area contributed by atoms with Crippen molar-refractivity contribution in [1.82, 2.24) is 5.32 Å². The number of aliphatic hydroxyl groups excluding tert-OH is 1. The minimum atomic E-state index is -0.635. The van der Waals surface area contributed by atoms with Gasteiger partial charge in [-0.2, -0.15) is 0 Å².